The molecule has 0 bridgehead atoms. The lowest BCUT2D eigenvalue weighted by Crippen LogP contribution is -2.34. The number of carbonyl (C=O) groups excluding carboxylic acids is 2. The van der Waals surface area contributed by atoms with Gasteiger partial charge in [-0.3, -0.25) is 9.59 Å². The van der Waals surface area contributed by atoms with E-state index in [1.54, 1.807) is 18.2 Å². The Kier molecular flexibility index (Phi) is 4.85. The molecule has 0 saturated carbocycles. The van der Waals surface area contributed by atoms with Crippen molar-refractivity contribution in [1.29, 1.82) is 0 Å². The molecule has 4 rings (SSSR count). The van der Waals surface area contributed by atoms with Crippen molar-refractivity contribution >= 4 is 34.7 Å². The number of hydrogen-bond acceptors (Lipinski definition) is 4. The van der Waals surface area contributed by atoms with Crippen LogP contribution >= 0.6 is 11.6 Å². The van der Waals surface area contributed by atoms with E-state index in [0.29, 0.717) is 27.7 Å². The molecule has 5 nitrogen and oxygen atoms in total. The summed E-state index contributed by atoms with van der Waals surface area (Å²) in [5.41, 5.74) is 3.24. The summed E-state index contributed by atoms with van der Waals surface area (Å²) in [7, 11) is 1.52. The first-order chi connectivity index (χ1) is 13.5. The Bertz CT molecular complexity index is 976. The van der Waals surface area contributed by atoms with Crippen LogP contribution in [0.4, 0.5) is 5.69 Å². The maximum Gasteiger partial charge on any atom is 0.282 e. The highest BCUT2D eigenvalue weighted by Crippen LogP contribution is 2.38. The van der Waals surface area contributed by atoms with Crippen molar-refractivity contribution in [2.75, 3.05) is 25.1 Å². The fraction of sp³-hybridized carbons (Fsp3) is 0.273. The summed E-state index contributed by atoms with van der Waals surface area (Å²) in [6, 6.07) is 12.6. The first-order valence-corrected chi connectivity index (χ1v) is 9.67. The number of hydrogen-bond donors (Lipinski definition) is 0. The van der Waals surface area contributed by atoms with Crippen molar-refractivity contribution in [3.63, 3.8) is 0 Å². The molecule has 0 aromatic heterocycles. The van der Waals surface area contributed by atoms with Gasteiger partial charge in [-0.25, -0.2) is 4.90 Å². The molecule has 0 unspecified atom stereocenters. The van der Waals surface area contributed by atoms with Crippen LogP contribution in [-0.2, 0) is 9.59 Å². The van der Waals surface area contributed by atoms with E-state index in [1.807, 2.05) is 36.1 Å². The summed E-state index contributed by atoms with van der Waals surface area (Å²) in [6.45, 7) is 3.55. The maximum atomic E-state index is 13.4. The third-order valence-electron chi connectivity index (χ3n) is 5.22. The van der Waals surface area contributed by atoms with E-state index >= 15 is 0 Å². The molecule has 2 heterocycles. The van der Waals surface area contributed by atoms with Gasteiger partial charge in [0.2, 0.25) is 0 Å². The van der Waals surface area contributed by atoms with Gasteiger partial charge in [0.25, 0.3) is 11.8 Å². The van der Waals surface area contributed by atoms with Gasteiger partial charge in [-0.1, -0.05) is 41.4 Å². The number of methoxy groups -OCH3 is 1. The Balaban J connectivity index is 1.81. The monoisotopic (exact) mass is 396 g/mol. The Morgan fingerprint density at radius 3 is 2.25 bits per heavy atom. The minimum Gasteiger partial charge on any atom is -0.495 e. The van der Waals surface area contributed by atoms with Gasteiger partial charge in [-0.15, -0.1) is 0 Å². The van der Waals surface area contributed by atoms with Crippen LogP contribution in [0.15, 0.2) is 48.2 Å². The molecular weight excluding hydrogens is 376 g/mol. The Hall–Kier alpha value is -2.79. The molecule has 1 saturated heterocycles. The molecule has 144 valence electrons. The second-order valence-electron chi connectivity index (χ2n) is 7.05. The van der Waals surface area contributed by atoms with Crippen LogP contribution < -0.4 is 9.64 Å². The molecular formula is C22H21ClN2O3. The lowest BCUT2D eigenvalue weighted by molar-refractivity contribution is -0.120. The van der Waals surface area contributed by atoms with Crippen molar-refractivity contribution in [1.82, 2.24) is 4.90 Å². The molecule has 1 fully saturated rings. The molecule has 0 spiro atoms. The molecule has 0 radical (unpaired) electrons. The zero-order valence-corrected chi connectivity index (χ0v) is 16.6. The Morgan fingerprint density at radius 2 is 1.64 bits per heavy atom. The number of rotatable bonds is 4. The number of anilines is 1. The Labute approximate surface area is 169 Å². The van der Waals surface area contributed by atoms with Crippen LogP contribution in [0, 0.1) is 6.92 Å². The standard InChI is InChI=1S/C22H21ClN2O3/c1-14-5-7-15(8-6-14)19-20(24-11-3-4-12-24)22(27)25(21(19)26)16-9-10-18(28-2)17(23)13-16/h5-10,13H,3-4,11-12H2,1-2H3. The fourth-order valence-electron chi connectivity index (χ4n) is 3.76. The van der Waals surface area contributed by atoms with E-state index in [2.05, 4.69) is 0 Å². The number of amides is 2. The van der Waals surface area contributed by atoms with Crippen LogP contribution in [0.1, 0.15) is 24.0 Å². The van der Waals surface area contributed by atoms with Gasteiger partial charge in [-0.2, -0.15) is 0 Å². The predicted molar refractivity (Wildman–Crippen MR) is 109 cm³/mol. The SMILES string of the molecule is COc1ccc(N2C(=O)C(c3ccc(C)cc3)=C(N3CCCC3)C2=O)cc1Cl. The van der Waals surface area contributed by atoms with Gasteiger partial charge < -0.3 is 9.64 Å². The van der Waals surface area contributed by atoms with E-state index in [0.717, 1.165) is 37.1 Å². The summed E-state index contributed by atoms with van der Waals surface area (Å²) in [6.07, 6.45) is 2.03. The highest BCUT2D eigenvalue weighted by molar-refractivity contribution is 6.45. The molecule has 2 aromatic rings. The molecule has 0 aliphatic carbocycles. The summed E-state index contributed by atoms with van der Waals surface area (Å²) in [5, 5.41) is 0.354. The van der Waals surface area contributed by atoms with E-state index in [-0.39, 0.29) is 11.8 Å². The van der Waals surface area contributed by atoms with Gasteiger partial charge in [0.15, 0.2) is 0 Å². The maximum absolute atomic E-state index is 13.4. The van der Waals surface area contributed by atoms with Gasteiger partial charge in [0.1, 0.15) is 11.4 Å². The minimum atomic E-state index is -0.322. The smallest absolute Gasteiger partial charge is 0.282 e. The zero-order chi connectivity index (χ0) is 19.8. The van der Waals surface area contributed by atoms with Gasteiger partial charge >= 0.3 is 0 Å². The number of imide groups is 1. The molecule has 0 N–H and O–H groups in total. The van der Waals surface area contributed by atoms with Crippen molar-refractivity contribution in [3.05, 3.63) is 64.3 Å². The molecule has 2 aliphatic rings. The van der Waals surface area contributed by atoms with Crippen LogP contribution in [0.3, 0.4) is 0 Å². The van der Waals surface area contributed by atoms with Crippen LogP contribution in [0.5, 0.6) is 5.75 Å². The van der Waals surface area contributed by atoms with Gasteiger partial charge in [0.05, 0.1) is 23.4 Å². The number of likely N-dealkylation sites (tertiary alicyclic amines) is 1. The molecule has 2 aromatic carbocycles. The fourth-order valence-corrected chi connectivity index (χ4v) is 4.01. The van der Waals surface area contributed by atoms with Crippen molar-refractivity contribution < 1.29 is 14.3 Å². The third-order valence-corrected chi connectivity index (χ3v) is 5.51. The molecule has 2 aliphatic heterocycles. The second-order valence-corrected chi connectivity index (χ2v) is 7.46. The summed E-state index contributed by atoms with van der Waals surface area (Å²) < 4.78 is 5.18. The number of aryl methyl sites for hydroxylation is 1. The van der Waals surface area contributed by atoms with Crippen molar-refractivity contribution in [2.45, 2.75) is 19.8 Å². The summed E-state index contributed by atoms with van der Waals surface area (Å²) in [4.78, 5) is 30.0. The lowest BCUT2D eigenvalue weighted by atomic mass is 10.0. The molecule has 2 amide bonds. The summed E-state index contributed by atoms with van der Waals surface area (Å²) in [5.74, 6) is -0.128. The Morgan fingerprint density at radius 1 is 0.964 bits per heavy atom. The quantitative estimate of drug-likeness (QED) is 0.732. The van der Waals surface area contributed by atoms with Crippen molar-refractivity contribution in [3.8, 4) is 5.75 Å². The number of ether oxygens (including phenoxy) is 1. The zero-order valence-electron chi connectivity index (χ0n) is 15.9. The van der Waals surface area contributed by atoms with Crippen LogP contribution in [-0.4, -0.2) is 36.9 Å². The normalized spacial score (nSPS) is 17.1. The highest BCUT2D eigenvalue weighted by Gasteiger charge is 2.43. The van der Waals surface area contributed by atoms with Crippen LogP contribution in [0.2, 0.25) is 5.02 Å². The molecule has 0 atom stereocenters. The van der Waals surface area contributed by atoms with Crippen molar-refractivity contribution in [2.24, 2.45) is 0 Å². The number of halogens is 1. The molecule has 28 heavy (non-hydrogen) atoms. The number of benzene rings is 2. The third kappa shape index (κ3) is 3.06. The van der Waals surface area contributed by atoms with E-state index < -0.39 is 0 Å². The van der Waals surface area contributed by atoms with Gasteiger partial charge in [0, 0.05) is 13.1 Å². The van der Waals surface area contributed by atoms with E-state index in [1.165, 1.54) is 12.0 Å². The lowest BCUT2D eigenvalue weighted by Gasteiger charge is -2.20. The first-order valence-electron chi connectivity index (χ1n) is 9.30. The predicted octanol–water partition coefficient (Wildman–Crippen LogP) is 4.04. The van der Waals surface area contributed by atoms with Gasteiger partial charge in [-0.05, 0) is 43.5 Å². The summed E-state index contributed by atoms with van der Waals surface area (Å²) >= 11 is 6.24. The number of carbonyl (C=O) groups is 2. The highest BCUT2D eigenvalue weighted by atomic mass is 35.5. The van der Waals surface area contributed by atoms with E-state index in [4.69, 9.17) is 16.3 Å². The minimum absolute atomic E-state index is 0.302. The second kappa shape index (κ2) is 7.32. The number of nitrogens with zero attached hydrogens (tertiary/aromatic N) is 2. The van der Waals surface area contributed by atoms with E-state index in [9.17, 15) is 9.59 Å². The molecule has 6 heteroatoms. The first kappa shape index (κ1) is 18.6. The topological polar surface area (TPSA) is 49.9 Å². The largest absolute Gasteiger partial charge is 0.495 e. The van der Waals surface area contributed by atoms with Crippen LogP contribution in [0.25, 0.3) is 5.57 Å². The average molecular weight is 397 g/mol. The average Bonchev–Trinajstić information content (AvgIpc) is 3.29.